The summed E-state index contributed by atoms with van der Waals surface area (Å²) in [4.78, 5) is 30.7. The summed E-state index contributed by atoms with van der Waals surface area (Å²) in [5.74, 6) is -1.03. The number of aromatic nitrogens is 1. The van der Waals surface area contributed by atoms with Gasteiger partial charge in [0.25, 0.3) is 0 Å². The average molecular weight is 261 g/mol. The summed E-state index contributed by atoms with van der Waals surface area (Å²) in [6.45, 7) is 0.630. The number of carboxylic acids is 1. The van der Waals surface area contributed by atoms with Gasteiger partial charge in [0.1, 0.15) is 5.82 Å². The monoisotopic (exact) mass is 261 g/mol. The Balaban J connectivity index is 2.18. The molecule has 1 amide bonds. The molecule has 1 fully saturated rings. The van der Waals surface area contributed by atoms with Crippen molar-refractivity contribution >= 4 is 17.7 Å². The van der Waals surface area contributed by atoms with Gasteiger partial charge in [-0.15, -0.1) is 0 Å². The van der Waals surface area contributed by atoms with Gasteiger partial charge in [0.15, 0.2) is 5.69 Å². The summed E-state index contributed by atoms with van der Waals surface area (Å²) < 4.78 is 0. The van der Waals surface area contributed by atoms with E-state index in [0.717, 1.165) is 0 Å². The number of hydrogen-bond donors (Lipinski definition) is 1. The van der Waals surface area contributed by atoms with E-state index in [1.54, 1.807) is 12.1 Å². The molecular weight excluding hydrogens is 250 g/mol. The number of carbonyl (C=O) groups is 2. The van der Waals surface area contributed by atoms with Crippen LogP contribution in [-0.4, -0.2) is 35.1 Å². The third kappa shape index (κ3) is 2.80. The van der Waals surface area contributed by atoms with Gasteiger partial charge in [-0.3, -0.25) is 9.69 Å². The van der Waals surface area contributed by atoms with Crippen LogP contribution in [0.5, 0.6) is 0 Å². The SMILES string of the molecule is [N-]=[N+]=NCC1CC(=O)N(c2cccc(C(=O)O)n2)C1. The Morgan fingerprint density at radius 3 is 3.11 bits per heavy atom. The molecule has 1 aromatic heterocycles. The first kappa shape index (κ1) is 12.8. The lowest BCUT2D eigenvalue weighted by Crippen LogP contribution is -2.26. The minimum atomic E-state index is -1.14. The molecule has 1 saturated heterocycles. The lowest BCUT2D eigenvalue weighted by atomic mass is 10.1. The number of rotatable bonds is 4. The maximum atomic E-state index is 11.8. The normalized spacial score (nSPS) is 18.2. The summed E-state index contributed by atoms with van der Waals surface area (Å²) in [6.07, 6.45) is 0.276. The lowest BCUT2D eigenvalue weighted by Gasteiger charge is -2.15. The van der Waals surface area contributed by atoms with Crippen LogP contribution in [0, 0.1) is 5.92 Å². The first-order chi connectivity index (χ1) is 9.11. The van der Waals surface area contributed by atoms with Crippen molar-refractivity contribution < 1.29 is 14.7 Å². The summed E-state index contributed by atoms with van der Waals surface area (Å²) in [6, 6.07) is 4.49. The van der Waals surface area contributed by atoms with Gasteiger partial charge in [-0.2, -0.15) is 0 Å². The molecule has 1 atom stereocenters. The molecule has 2 heterocycles. The quantitative estimate of drug-likeness (QED) is 0.501. The second-order valence-corrected chi connectivity index (χ2v) is 4.17. The number of azide groups is 1. The van der Waals surface area contributed by atoms with Crippen molar-refractivity contribution in [1.82, 2.24) is 4.98 Å². The molecule has 0 aliphatic carbocycles. The van der Waals surface area contributed by atoms with Gasteiger partial charge in [-0.1, -0.05) is 11.2 Å². The average Bonchev–Trinajstić information content (AvgIpc) is 2.77. The number of nitrogens with zero attached hydrogens (tertiary/aromatic N) is 5. The number of pyridine rings is 1. The van der Waals surface area contributed by atoms with E-state index in [0.29, 0.717) is 12.4 Å². The van der Waals surface area contributed by atoms with Crippen molar-refractivity contribution in [2.24, 2.45) is 11.0 Å². The maximum absolute atomic E-state index is 11.8. The fourth-order valence-electron chi connectivity index (χ4n) is 1.97. The van der Waals surface area contributed by atoms with Gasteiger partial charge < -0.3 is 5.11 Å². The Hall–Kier alpha value is -2.60. The highest BCUT2D eigenvalue weighted by Crippen LogP contribution is 2.23. The Bertz CT molecular complexity index is 567. The van der Waals surface area contributed by atoms with Gasteiger partial charge in [-0.05, 0) is 23.6 Å². The van der Waals surface area contributed by atoms with Crippen molar-refractivity contribution in [2.75, 3.05) is 18.0 Å². The predicted octanol–water partition coefficient (Wildman–Crippen LogP) is 1.44. The number of amides is 1. The van der Waals surface area contributed by atoms with Crippen LogP contribution < -0.4 is 4.90 Å². The van der Waals surface area contributed by atoms with Crippen molar-refractivity contribution in [3.63, 3.8) is 0 Å². The molecule has 0 aromatic carbocycles. The van der Waals surface area contributed by atoms with E-state index >= 15 is 0 Å². The molecule has 1 unspecified atom stereocenters. The minimum absolute atomic E-state index is 0.0568. The third-order valence-electron chi connectivity index (χ3n) is 2.84. The highest BCUT2D eigenvalue weighted by Gasteiger charge is 2.31. The van der Waals surface area contributed by atoms with E-state index in [1.165, 1.54) is 11.0 Å². The van der Waals surface area contributed by atoms with Crippen molar-refractivity contribution in [2.45, 2.75) is 6.42 Å². The Labute approximate surface area is 108 Å². The minimum Gasteiger partial charge on any atom is -0.477 e. The maximum Gasteiger partial charge on any atom is 0.354 e. The zero-order chi connectivity index (χ0) is 13.8. The molecule has 1 aliphatic rings. The number of carboxylic acid groups (broad SMARTS) is 1. The fraction of sp³-hybridized carbons (Fsp3) is 0.364. The largest absolute Gasteiger partial charge is 0.477 e. The molecule has 98 valence electrons. The molecule has 1 aromatic rings. The number of aromatic carboxylic acids is 1. The molecule has 0 radical (unpaired) electrons. The van der Waals surface area contributed by atoms with Gasteiger partial charge >= 0.3 is 5.97 Å². The van der Waals surface area contributed by atoms with Gasteiger partial charge in [0.2, 0.25) is 5.91 Å². The molecule has 2 rings (SSSR count). The van der Waals surface area contributed by atoms with E-state index in [2.05, 4.69) is 15.0 Å². The van der Waals surface area contributed by atoms with Crippen LogP contribution in [0.4, 0.5) is 5.82 Å². The predicted molar refractivity (Wildman–Crippen MR) is 65.7 cm³/mol. The second-order valence-electron chi connectivity index (χ2n) is 4.17. The van der Waals surface area contributed by atoms with Gasteiger partial charge in [-0.25, -0.2) is 9.78 Å². The molecule has 8 heteroatoms. The summed E-state index contributed by atoms with van der Waals surface area (Å²) in [5, 5.41) is 12.3. The first-order valence-corrected chi connectivity index (χ1v) is 5.63. The molecule has 8 nitrogen and oxygen atoms in total. The Morgan fingerprint density at radius 1 is 1.63 bits per heavy atom. The number of anilines is 1. The van der Waals surface area contributed by atoms with Crippen LogP contribution in [0.25, 0.3) is 10.4 Å². The van der Waals surface area contributed by atoms with E-state index < -0.39 is 5.97 Å². The highest BCUT2D eigenvalue weighted by molar-refractivity contribution is 5.95. The fourth-order valence-corrected chi connectivity index (χ4v) is 1.97. The zero-order valence-corrected chi connectivity index (χ0v) is 9.93. The number of hydrogen-bond acceptors (Lipinski definition) is 4. The lowest BCUT2D eigenvalue weighted by molar-refractivity contribution is -0.117. The van der Waals surface area contributed by atoms with Crippen LogP contribution >= 0.6 is 0 Å². The smallest absolute Gasteiger partial charge is 0.354 e. The van der Waals surface area contributed by atoms with Crippen LogP contribution in [-0.2, 0) is 4.79 Å². The Kier molecular flexibility index (Phi) is 3.63. The van der Waals surface area contributed by atoms with E-state index in [4.69, 9.17) is 10.6 Å². The van der Waals surface area contributed by atoms with E-state index in [9.17, 15) is 9.59 Å². The molecule has 0 saturated carbocycles. The van der Waals surface area contributed by atoms with Crippen molar-refractivity contribution in [1.29, 1.82) is 0 Å². The molecule has 1 N–H and O–H groups in total. The van der Waals surface area contributed by atoms with Crippen molar-refractivity contribution in [3.8, 4) is 0 Å². The van der Waals surface area contributed by atoms with Gasteiger partial charge in [0, 0.05) is 24.4 Å². The zero-order valence-electron chi connectivity index (χ0n) is 9.93. The third-order valence-corrected chi connectivity index (χ3v) is 2.84. The molecule has 0 bridgehead atoms. The first-order valence-electron chi connectivity index (χ1n) is 5.63. The molecule has 19 heavy (non-hydrogen) atoms. The molecule has 0 spiro atoms. The number of carbonyl (C=O) groups excluding carboxylic acids is 1. The van der Waals surface area contributed by atoms with E-state index in [-0.39, 0.29) is 30.5 Å². The topological polar surface area (TPSA) is 119 Å². The summed E-state index contributed by atoms with van der Waals surface area (Å²) in [7, 11) is 0. The second kappa shape index (κ2) is 5.36. The van der Waals surface area contributed by atoms with E-state index in [1.807, 2.05) is 0 Å². The van der Waals surface area contributed by atoms with Crippen LogP contribution in [0.3, 0.4) is 0 Å². The molecule has 1 aliphatic heterocycles. The summed E-state index contributed by atoms with van der Waals surface area (Å²) in [5.41, 5.74) is 8.15. The van der Waals surface area contributed by atoms with Crippen LogP contribution in [0.2, 0.25) is 0 Å². The van der Waals surface area contributed by atoms with Gasteiger partial charge in [0.05, 0.1) is 0 Å². The van der Waals surface area contributed by atoms with Crippen molar-refractivity contribution in [3.05, 3.63) is 34.3 Å². The Morgan fingerprint density at radius 2 is 2.42 bits per heavy atom. The highest BCUT2D eigenvalue weighted by atomic mass is 16.4. The van der Waals surface area contributed by atoms with Crippen LogP contribution in [0.15, 0.2) is 23.3 Å². The standard InChI is InChI=1S/C11H11N5O3/c12-15-13-5-7-4-10(17)16(6-7)9-3-1-2-8(14-9)11(18)19/h1-3,7H,4-6H2,(H,18,19). The molecular formula is C11H11N5O3. The summed E-state index contributed by atoms with van der Waals surface area (Å²) >= 11 is 0. The van der Waals surface area contributed by atoms with Crippen LogP contribution in [0.1, 0.15) is 16.9 Å².